The number of hydrogen-bond acceptors (Lipinski definition) is 3. The van der Waals surface area contributed by atoms with Crippen LogP contribution < -0.4 is 5.43 Å². The number of rotatable bonds is 4. The average molecular weight is 266 g/mol. The van der Waals surface area contributed by atoms with E-state index in [1.165, 1.54) is 24.6 Å². The minimum absolute atomic E-state index is 0.0556. The smallest absolute Gasteiger partial charge is 0.237 e. The van der Waals surface area contributed by atoms with Crippen molar-refractivity contribution >= 4 is 5.91 Å². The summed E-state index contributed by atoms with van der Waals surface area (Å²) < 4.78 is 13.0. The van der Waals surface area contributed by atoms with E-state index in [1.807, 2.05) is 5.01 Å². The summed E-state index contributed by atoms with van der Waals surface area (Å²) in [6.45, 7) is 1.70. The maximum absolute atomic E-state index is 13.0. The summed E-state index contributed by atoms with van der Waals surface area (Å²) in [6.07, 6.45) is 2.32. The third kappa shape index (κ3) is 4.29. The number of aliphatic hydroxyl groups excluding tert-OH is 1. The predicted octanol–water partition coefficient (Wildman–Crippen LogP) is 1.77. The normalized spacial score (nSPS) is 18.0. The van der Waals surface area contributed by atoms with Gasteiger partial charge in [0, 0.05) is 13.1 Å². The van der Waals surface area contributed by atoms with Gasteiger partial charge in [0.05, 0.1) is 12.5 Å². The number of amides is 1. The van der Waals surface area contributed by atoms with Crippen LogP contribution in [0.15, 0.2) is 24.3 Å². The van der Waals surface area contributed by atoms with Crippen molar-refractivity contribution in [2.45, 2.75) is 31.8 Å². The van der Waals surface area contributed by atoms with Gasteiger partial charge < -0.3 is 5.11 Å². The summed E-state index contributed by atoms with van der Waals surface area (Å²) in [7, 11) is 0. The van der Waals surface area contributed by atoms with E-state index >= 15 is 0 Å². The molecule has 0 aliphatic carbocycles. The van der Waals surface area contributed by atoms with Crippen LogP contribution >= 0.6 is 0 Å². The monoisotopic (exact) mass is 266 g/mol. The summed E-state index contributed by atoms with van der Waals surface area (Å²) in [5.74, 6) is -0.647. The van der Waals surface area contributed by atoms with Crippen LogP contribution in [0.5, 0.6) is 0 Å². The Hall–Kier alpha value is -1.46. The number of carbonyl (C=O) groups excluding carboxylic acids is 1. The number of benzene rings is 1. The van der Waals surface area contributed by atoms with E-state index in [2.05, 4.69) is 5.43 Å². The van der Waals surface area contributed by atoms with Gasteiger partial charge in [0.15, 0.2) is 0 Å². The highest BCUT2D eigenvalue weighted by molar-refractivity contribution is 5.76. The topological polar surface area (TPSA) is 52.6 Å². The van der Waals surface area contributed by atoms with Crippen molar-refractivity contribution in [1.29, 1.82) is 0 Å². The molecule has 1 amide bonds. The fourth-order valence-corrected chi connectivity index (χ4v) is 2.24. The molecule has 0 saturated carbocycles. The van der Waals surface area contributed by atoms with Gasteiger partial charge in [0.2, 0.25) is 5.91 Å². The summed E-state index contributed by atoms with van der Waals surface area (Å²) in [6, 6.07) is 5.70. The van der Waals surface area contributed by atoms with Crippen molar-refractivity contribution in [1.82, 2.24) is 10.4 Å². The highest BCUT2D eigenvalue weighted by Crippen LogP contribution is 2.17. The maximum atomic E-state index is 13.0. The molecule has 1 aromatic rings. The zero-order valence-corrected chi connectivity index (χ0v) is 10.8. The number of hydrazine groups is 1. The van der Waals surface area contributed by atoms with Crippen LogP contribution in [0.2, 0.25) is 0 Å². The third-order valence-corrected chi connectivity index (χ3v) is 3.25. The van der Waals surface area contributed by atoms with Crippen molar-refractivity contribution in [3.63, 3.8) is 0 Å². The zero-order chi connectivity index (χ0) is 13.7. The molecule has 1 fully saturated rings. The van der Waals surface area contributed by atoms with Crippen LogP contribution in [0.3, 0.4) is 0 Å². The summed E-state index contributed by atoms with van der Waals surface area (Å²) in [4.78, 5) is 11.8. The van der Waals surface area contributed by atoms with E-state index in [0.717, 1.165) is 25.9 Å². The minimum Gasteiger partial charge on any atom is -0.388 e. The van der Waals surface area contributed by atoms with Gasteiger partial charge in [-0.2, -0.15) is 0 Å². The zero-order valence-electron chi connectivity index (χ0n) is 10.8. The van der Waals surface area contributed by atoms with Crippen molar-refractivity contribution in [2.75, 3.05) is 13.1 Å². The molecule has 1 saturated heterocycles. The Balaban J connectivity index is 1.84. The predicted molar refractivity (Wildman–Crippen MR) is 69.5 cm³/mol. The van der Waals surface area contributed by atoms with Crippen LogP contribution in [-0.4, -0.2) is 29.1 Å². The Kier molecular flexibility index (Phi) is 4.87. The highest BCUT2D eigenvalue weighted by atomic mass is 19.1. The standard InChI is InChI=1S/C14H19FN2O2/c15-12-6-4-5-11(9-12)13(18)10-14(19)16-17-7-2-1-3-8-17/h4-6,9,13,18H,1-3,7-8,10H2,(H,16,19). The lowest BCUT2D eigenvalue weighted by atomic mass is 10.1. The number of hydrogen-bond donors (Lipinski definition) is 2. The quantitative estimate of drug-likeness (QED) is 0.873. The van der Waals surface area contributed by atoms with Crippen molar-refractivity contribution in [3.05, 3.63) is 35.6 Å². The van der Waals surface area contributed by atoms with Crippen molar-refractivity contribution in [2.24, 2.45) is 0 Å². The van der Waals surface area contributed by atoms with E-state index in [0.29, 0.717) is 5.56 Å². The second kappa shape index (κ2) is 6.63. The van der Waals surface area contributed by atoms with Crippen LogP contribution in [0.25, 0.3) is 0 Å². The molecule has 0 spiro atoms. The fraction of sp³-hybridized carbons (Fsp3) is 0.500. The Bertz CT molecular complexity index is 433. The van der Waals surface area contributed by atoms with Gasteiger partial charge in [0.25, 0.3) is 0 Å². The van der Waals surface area contributed by atoms with E-state index in [4.69, 9.17) is 0 Å². The lowest BCUT2D eigenvalue weighted by Crippen LogP contribution is -2.45. The molecule has 1 aliphatic heterocycles. The number of aliphatic hydroxyl groups is 1. The molecule has 1 aromatic carbocycles. The van der Waals surface area contributed by atoms with Crippen LogP contribution in [-0.2, 0) is 4.79 Å². The summed E-state index contributed by atoms with van der Waals surface area (Å²) >= 11 is 0. The SMILES string of the molecule is O=C(CC(O)c1cccc(F)c1)NN1CCCCC1. The summed E-state index contributed by atoms with van der Waals surface area (Å²) in [5.41, 5.74) is 3.20. The van der Waals surface area contributed by atoms with E-state index in [1.54, 1.807) is 6.07 Å². The molecule has 104 valence electrons. The molecular weight excluding hydrogens is 247 g/mol. The van der Waals surface area contributed by atoms with Gasteiger partial charge >= 0.3 is 0 Å². The van der Waals surface area contributed by atoms with Crippen LogP contribution in [0.1, 0.15) is 37.4 Å². The first-order chi connectivity index (χ1) is 9.15. The molecule has 0 radical (unpaired) electrons. The molecule has 0 aromatic heterocycles. The fourth-order valence-electron chi connectivity index (χ4n) is 2.24. The maximum Gasteiger partial charge on any atom is 0.237 e. The highest BCUT2D eigenvalue weighted by Gasteiger charge is 2.17. The molecule has 2 rings (SSSR count). The molecular formula is C14H19FN2O2. The number of carbonyl (C=O) groups is 1. The molecule has 19 heavy (non-hydrogen) atoms. The van der Waals surface area contributed by atoms with Gasteiger partial charge in [-0.05, 0) is 30.5 Å². The van der Waals surface area contributed by atoms with Gasteiger partial charge in [0.1, 0.15) is 5.82 Å². The number of piperidine rings is 1. The van der Waals surface area contributed by atoms with Crippen LogP contribution in [0, 0.1) is 5.82 Å². The number of nitrogens with zero attached hydrogens (tertiary/aromatic N) is 1. The van der Waals surface area contributed by atoms with E-state index < -0.39 is 11.9 Å². The molecule has 2 N–H and O–H groups in total. The Labute approximate surface area is 112 Å². The number of nitrogens with one attached hydrogen (secondary N) is 1. The lowest BCUT2D eigenvalue weighted by Gasteiger charge is -2.27. The van der Waals surface area contributed by atoms with Crippen molar-refractivity contribution in [3.8, 4) is 0 Å². The Morgan fingerprint density at radius 3 is 2.79 bits per heavy atom. The van der Waals surface area contributed by atoms with Crippen LogP contribution in [0.4, 0.5) is 4.39 Å². The molecule has 1 unspecified atom stereocenters. The third-order valence-electron chi connectivity index (χ3n) is 3.25. The molecule has 4 nitrogen and oxygen atoms in total. The van der Waals surface area contributed by atoms with Gasteiger partial charge in [-0.15, -0.1) is 0 Å². The van der Waals surface area contributed by atoms with Gasteiger partial charge in [-0.1, -0.05) is 18.6 Å². The first-order valence-corrected chi connectivity index (χ1v) is 6.63. The van der Waals surface area contributed by atoms with Gasteiger partial charge in [-0.3, -0.25) is 10.2 Å². The molecule has 1 heterocycles. The molecule has 1 aliphatic rings. The van der Waals surface area contributed by atoms with E-state index in [-0.39, 0.29) is 12.3 Å². The second-order valence-electron chi connectivity index (χ2n) is 4.86. The summed E-state index contributed by atoms with van der Waals surface area (Å²) in [5, 5.41) is 11.8. The van der Waals surface area contributed by atoms with E-state index in [9.17, 15) is 14.3 Å². The molecule has 5 heteroatoms. The van der Waals surface area contributed by atoms with Gasteiger partial charge in [-0.25, -0.2) is 9.40 Å². The second-order valence-corrected chi connectivity index (χ2v) is 4.86. The molecule has 1 atom stereocenters. The Morgan fingerprint density at radius 1 is 1.37 bits per heavy atom. The molecule has 0 bridgehead atoms. The van der Waals surface area contributed by atoms with Crippen molar-refractivity contribution < 1.29 is 14.3 Å². The average Bonchev–Trinajstić information content (AvgIpc) is 2.39. The first-order valence-electron chi connectivity index (χ1n) is 6.63. The number of halogens is 1. The Morgan fingerprint density at radius 2 is 2.11 bits per heavy atom. The minimum atomic E-state index is -0.972. The lowest BCUT2D eigenvalue weighted by molar-refractivity contribution is -0.128. The largest absolute Gasteiger partial charge is 0.388 e. The first kappa shape index (κ1) is 14.0.